The lowest BCUT2D eigenvalue weighted by molar-refractivity contribution is -0.137. The van der Waals surface area contributed by atoms with E-state index in [0.29, 0.717) is 46.6 Å². The van der Waals surface area contributed by atoms with Crippen LogP contribution in [-0.4, -0.2) is 58.7 Å². The number of aromatic nitrogens is 3. The van der Waals surface area contributed by atoms with E-state index < -0.39 is 21.6 Å². The van der Waals surface area contributed by atoms with Gasteiger partial charge in [-0.3, -0.25) is 9.67 Å². The predicted molar refractivity (Wildman–Crippen MR) is 125 cm³/mol. The van der Waals surface area contributed by atoms with Crippen LogP contribution in [-0.2, 0) is 16.0 Å². The highest BCUT2D eigenvalue weighted by molar-refractivity contribution is 7.92. The van der Waals surface area contributed by atoms with Gasteiger partial charge in [0.2, 0.25) is 0 Å². The van der Waals surface area contributed by atoms with E-state index in [9.17, 15) is 21.6 Å². The number of pyridine rings is 1. The Bertz CT molecular complexity index is 1220. The molecule has 2 aromatic rings. The average molecular weight is 509 g/mol. The zero-order valence-corrected chi connectivity index (χ0v) is 20.8. The minimum Gasteiger partial charge on any atom is -0.300 e. The van der Waals surface area contributed by atoms with Crippen LogP contribution in [0.1, 0.15) is 62.7 Å². The first-order chi connectivity index (χ1) is 16.4. The highest BCUT2D eigenvalue weighted by Gasteiger charge is 2.59. The first kappa shape index (κ1) is 23.5. The summed E-state index contributed by atoms with van der Waals surface area (Å²) in [5, 5.41) is 4.69. The summed E-state index contributed by atoms with van der Waals surface area (Å²) in [7, 11) is -2.79. The zero-order chi connectivity index (χ0) is 24.8. The average Bonchev–Trinajstić information content (AvgIpc) is 3.13. The quantitative estimate of drug-likeness (QED) is 0.606. The lowest BCUT2D eigenvalue weighted by atomic mass is 9.80. The van der Waals surface area contributed by atoms with Gasteiger partial charge in [-0.1, -0.05) is 0 Å². The fourth-order valence-electron chi connectivity index (χ4n) is 7.04. The van der Waals surface area contributed by atoms with Gasteiger partial charge in [-0.2, -0.15) is 18.3 Å². The summed E-state index contributed by atoms with van der Waals surface area (Å²) < 4.78 is 64.9. The van der Waals surface area contributed by atoms with Crippen LogP contribution in [0.3, 0.4) is 0 Å². The first-order valence-electron chi connectivity index (χ1n) is 12.5. The van der Waals surface area contributed by atoms with Gasteiger partial charge in [-0.05, 0) is 76.6 Å². The molecule has 35 heavy (non-hydrogen) atoms. The topological polar surface area (TPSA) is 68.1 Å². The Labute approximate surface area is 203 Å². The maximum Gasteiger partial charge on any atom is 0.417 e. The fraction of sp³-hybridized carbons (Fsp3) is 0.680. The number of sulfone groups is 1. The van der Waals surface area contributed by atoms with E-state index in [4.69, 9.17) is 5.10 Å². The molecule has 2 aromatic heterocycles. The lowest BCUT2D eigenvalue weighted by Crippen LogP contribution is -2.55. The largest absolute Gasteiger partial charge is 0.417 e. The summed E-state index contributed by atoms with van der Waals surface area (Å²) in [6.07, 6.45) is 2.09. The van der Waals surface area contributed by atoms with Gasteiger partial charge in [-0.25, -0.2) is 8.42 Å². The van der Waals surface area contributed by atoms with Crippen molar-refractivity contribution >= 4 is 9.84 Å². The molecule has 0 N–H and O–H groups in total. The summed E-state index contributed by atoms with van der Waals surface area (Å²) in [5.41, 5.74) is 1.34. The molecule has 0 amide bonds. The molecular weight excluding hydrogens is 477 g/mol. The smallest absolute Gasteiger partial charge is 0.300 e. The molecule has 190 valence electrons. The second-order valence-corrected chi connectivity index (χ2v) is 13.6. The molecule has 2 aliphatic carbocycles. The number of rotatable bonds is 4. The van der Waals surface area contributed by atoms with Crippen LogP contribution < -0.4 is 0 Å². The Morgan fingerprint density at radius 1 is 1.06 bits per heavy atom. The lowest BCUT2D eigenvalue weighted by Gasteiger charge is -2.48. The molecule has 4 heterocycles. The highest BCUT2D eigenvalue weighted by atomic mass is 32.2. The number of fused-ring (bicyclic) bond motifs is 1. The van der Waals surface area contributed by atoms with E-state index >= 15 is 0 Å². The van der Waals surface area contributed by atoms with Crippen molar-refractivity contribution in [2.24, 2.45) is 17.3 Å². The SMILES string of the molecule is CC(C)n1nc(-c2cncc(C(F)(F)F)c2)cc1[C@H]1[C@@H]2C[C@H](N3CCC4(CC3)CS(=O)(=O)C4)C[C@@H]21. The van der Waals surface area contributed by atoms with E-state index in [0.717, 1.165) is 56.7 Å². The number of nitrogens with zero attached hydrogens (tertiary/aromatic N) is 4. The number of alkyl halides is 3. The number of hydrogen-bond acceptors (Lipinski definition) is 5. The molecule has 0 bridgehead atoms. The Balaban J connectivity index is 1.14. The molecule has 4 aliphatic rings. The minimum absolute atomic E-state index is 0.0395. The molecular formula is C25H31F3N4O2S. The van der Waals surface area contributed by atoms with E-state index in [-0.39, 0.29) is 11.5 Å². The number of likely N-dealkylation sites (tertiary alicyclic amines) is 1. The third-order valence-electron chi connectivity index (χ3n) is 8.80. The number of halogens is 3. The van der Waals surface area contributed by atoms with Gasteiger partial charge in [0.1, 0.15) is 0 Å². The van der Waals surface area contributed by atoms with Crippen LogP contribution in [0.2, 0.25) is 0 Å². The van der Waals surface area contributed by atoms with Crippen LogP contribution in [0.4, 0.5) is 13.2 Å². The fourth-order valence-corrected chi connectivity index (χ4v) is 9.40. The molecule has 6 nitrogen and oxygen atoms in total. The van der Waals surface area contributed by atoms with Gasteiger partial charge in [0.25, 0.3) is 0 Å². The van der Waals surface area contributed by atoms with Gasteiger partial charge >= 0.3 is 6.18 Å². The molecule has 0 unspecified atom stereocenters. The molecule has 4 fully saturated rings. The molecule has 10 heteroatoms. The first-order valence-corrected chi connectivity index (χ1v) is 14.3. The summed E-state index contributed by atoms with van der Waals surface area (Å²) in [4.78, 5) is 6.38. The summed E-state index contributed by atoms with van der Waals surface area (Å²) in [5.74, 6) is 2.31. The van der Waals surface area contributed by atoms with Crippen molar-refractivity contribution in [2.45, 2.75) is 63.7 Å². The number of hydrogen-bond donors (Lipinski definition) is 0. The Morgan fingerprint density at radius 3 is 2.29 bits per heavy atom. The predicted octanol–water partition coefficient (Wildman–Crippen LogP) is 4.55. The van der Waals surface area contributed by atoms with Crippen LogP contribution in [0.15, 0.2) is 24.5 Å². The van der Waals surface area contributed by atoms with Crippen molar-refractivity contribution in [3.8, 4) is 11.3 Å². The molecule has 2 aliphatic heterocycles. The van der Waals surface area contributed by atoms with Gasteiger partial charge in [0.05, 0.1) is 22.8 Å². The molecule has 1 spiro atoms. The van der Waals surface area contributed by atoms with Crippen LogP contribution in [0.5, 0.6) is 0 Å². The van der Waals surface area contributed by atoms with Gasteiger partial charge < -0.3 is 4.90 Å². The van der Waals surface area contributed by atoms with Crippen LogP contribution in [0, 0.1) is 17.3 Å². The third-order valence-corrected chi connectivity index (χ3v) is 10.9. The van der Waals surface area contributed by atoms with Gasteiger partial charge in [0.15, 0.2) is 9.84 Å². The third kappa shape index (κ3) is 4.10. The second-order valence-electron chi connectivity index (χ2n) is 11.5. The van der Waals surface area contributed by atoms with Crippen molar-refractivity contribution in [3.05, 3.63) is 35.8 Å². The van der Waals surface area contributed by atoms with Crippen molar-refractivity contribution < 1.29 is 21.6 Å². The molecule has 2 saturated carbocycles. The highest BCUT2D eigenvalue weighted by Crippen LogP contribution is 2.64. The molecule has 6 rings (SSSR count). The second kappa shape index (κ2) is 7.78. The normalized spacial score (nSPS) is 31.5. The molecule has 0 radical (unpaired) electrons. The Kier molecular flexibility index (Phi) is 5.21. The molecule has 0 aromatic carbocycles. The Morgan fingerprint density at radius 2 is 1.71 bits per heavy atom. The van der Waals surface area contributed by atoms with Gasteiger partial charge in [0, 0.05) is 47.1 Å². The van der Waals surface area contributed by atoms with E-state index in [2.05, 4.69) is 23.7 Å². The van der Waals surface area contributed by atoms with Gasteiger partial charge in [-0.15, -0.1) is 0 Å². The van der Waals surface area contributed by atoms with Crippen molar-refractivity contribution in [1.82, 2.24) is 19.7 Å². The maximum absolute atomic E-state index is 13.2. The molecule has 2 saturated heterocycles. The summed E-state index contributed by atoms with van der Waals surface area (Å²) in [6, 6.07) is 3.77. The van der Waals surface area contributed by atoms with E-state index in [1.54, 1.807) is 0 Å². The Hall–Kier alpha value is -1.94. The minimum atomic E-state index is -4.43. The summed E-state index contributed by atoms with van der Waals surface area (Å²) >= 11 is 0. The van der Waals surface area contributed by atoms with Crippen molar-refractivity contribution in [1.29, 1.82) is 0 Å². The van der Waals surface area contributed by atoms with E-state index in [1.807, 2.05) is 10.7 Å². The van der Waals surface area contributed by atoms with E-state index in [1.165, 1.54) is 6.20 Å². The number of piperidine rings is 1. The van der Waals surface area contributed by atoms with Crippen molar-refractivity contribution in [2.75, 3.05) is 24.6 Å². The molecule has 4 atom stereocenters. The monoisotopic (exact) mass is 508 g/mol. The standard InChI is InChI=1S/C25H31F3N4O2S/c1-15(2)32-22(10-21(30-32)16-7-17(12-29-11-16)25(26,27)28)23-19-8-18(9-20(19)23)31-5-3-24(4-6-31)13-35(33,34)14-24/h7,10-12,15,18-20,23H,3-6,8-9,13-14H2,1-2H3/t18-,19+,20-,23-. The van der Waals surface area contributed by atoms with Crippen molar-refractivity contribution in [3.63, 3.8) is 0 Å². The maximum atomic E-state index is 13.2. The summed E-state index contributed by atoms with van der Waals surface area (Å²) in [6.45, 7) is 6.08. The van der Waals surface area contributed by atoms with Crippen LogP contribution in [0.25, 0.3) is 11.3 Å². The zero-order valence-electron chi connectivity index (χ0n) is 20.0. The van der Waals surface area contributed by atoms with Crippen LogP contribution >= 0.6 is 0 Å².